The molecule has 2 heterocycles. The number of hydrogen-bond acceptors (Lipinski definition) is 5. The first-order valence-electron chi connectivity index (χ1n) is 10.0. The molecule has 0 spiro atoms. The molecule has 1 unspecified atom stereocenters. The summed E-state index contributed by atoms with van der Waals surface area (Å²) in [5.41, 5.74) is 2.74. The van der Waals surface area contributed by atoms with Crippen molar-refractivity contribution in [2.45, 2.75) is 19.3 Å². The lowest BCUT2D eigenvalue weighted by molar-refractivity contribution is -0.113. The topological polar surface area (TPSA) is 76.7 Å². The van der Waals surface area contributed by atoms with Gasteiger partial charge in [0.2, 0.25) is 0 Å². The molecule has 1 aromatic heterocycles. The number of nitrogens with one attached hydrogen (secondary N) is 1. The van der Waals surface area contributed by atoms with E-state index in [9.17, 15) is 9.18 Å². The van der Waals surface area contributed by atoms with E-state index in [1.807, 2.05) is 31.2 Å². The number of aromatic amines is 1. The molecule has 3 aromatic rings. The number of hydrogen-bond donors (Lipinski definition) is 1. The van der Waals surface area contributed by atoms with Gasteiger partial charge in [0.1, 0.15) is 17.3 Å². The van der Waals surface area contributed by atoms with Gasteiger partial charge in [0.25, 0.3) is 5.91 Å². The largest absolute Gasteiger partial charge is 0.494 e. The lowest BCUT2D eigenvalue weighted by Gasteiger charge is -2.29. The Bertz CT molecular complexity index is 1060. The van der Waals surface area contributed by atoms with Gasteiger partial charge in [-0.05, 0) is 37.3 Å². The zero-order chi connectivity index (χ0) is 22.0. The Morgan fingerprint density at radius 1 is 1.13 bits per heavy atom. The number of carbonyl (C=O) groups excluding carboxylic acids is 1. The molecule has 2 aromatic carbocycles. The van der Waals surface area contributed by atoms with E-state index in [-0.39, 0.29) is 12.5 Å². The molecule has 0 saturated heterocycles. The number of rotatable bonds is 8. The molecule has 0 bridgehead atoms. The SMILES string of the molecule is CCOc1ccc(-c2n[nH]c3c2C(c2ccccc2F)N(CC(OC)OC)C3=O)cc1. The van der Waals surface area contributed by atoms with E-state index in [1.54, 1.807) is 23.1 Å². The summed E-state index contributed by atoms with van der Waals surface area (Å²) >= 11 is 0. The quantitative estimate of drug-likeness (QED) is 0.556. The molecule has 1 aliphatic rings. The van der Waals surface area contributed by atoms with Gasteiger partial charge >= 0.3 is 0 Å². The van der Waals surface area contributed by atoms with Crippen LogP contribution in [-0.4, -0.2) is 54.7 Å². The number of amides is 1. The summed E-state index contributed by atoms with van der Waals surface area (Å²) in [6.07, 6.45) is -0.649. The van der Waals surface area contributed by atoms with Gasteiger partial charge in [0, 0.05) is 30.9 Å². The van der Waals surface area contributed by atoms with E-state index in [4.69, 9.17) is 14.2 Å². The molecule has 1 N–H and O–H groups in total. The van der Waals surface area contributed by atoms with Crippen LogP contribution in [0.3, 0.4) is 0 Å². The number of ether oxygens (including phenoxy) is 3. The number of halogens is 1. The summed E-state index contributed by atoms with van der Waals surface area (Å²) in [4.78, 5) is 14.8. The van der Waals surface area contributed by atoms with Crippen LogP contribution >= 0.6 is 0 Å². The normalized spacial score (nSPS) is 15.6. The fourth-order valence-corrected chi connectivity index (χ4v) is 3.91. The second-order valence-corrected chi connectivity index (χ2v) is 7.10. The van der Waals surface area contributed by atoms with Crippen LogP contribution in [0.4, 0.5) is 4.39 Å². The molecule has 162 valence electrons. The molecule has 8 heteroatoms. The number of carbonyl (C=O) groups is 1. The summed E-state index contributed by atoms with van der Waals surface area (Å²) < 4.78 is 31.0. The maximum absolute atomic E-state index is 14.9. The smallest absolute Gasteiger partial charge is 0.273 e. The summed E-state index contributed by atoms with van der Waals surface area (Å²) in [6.45, 7) is 2.62. The summed E-state index contributed by atoms with van der Waals surface area (Å²) in [7, 11) is 3.00. The van der Waals surface area contributed by atoms with Gasteiger partial charge in [-0.2, -0.15) is 5.10 Å². The zero-order valence-corrected chi connectivity index (χ0v) is 17.6. The second-order valence-electron chi connectivity index (χ2n) is 7.10. The van der Waals surface area contributed by atoms with E-state index in [0.29, 0.717) is 29.1 Å². The van der Waals surface area contributed by atoms with Gasteiger partial charge < -0.3 is 19.1 Å². The van der Waals surface area contributed by atoms with Crippen LogP contribution in [0, 0.1) is 5.82 Å². The molecule has 31 heavy (non-hydrogen) atoms. The third-order valence-electron chi connectivity index (χ3n) is 5.37. The zero-order valence-electron chi connectivity index (χ0n) is 17.6. The molecule has 1 amide bonds. The van der Waals surface area contributed by atoms with E-state index in [2.05, 4.69) is 10.2 Å². The van der Waals surface area contributed by atoms with Gasteiger partial charge in [0.05, 0.1) is 24.9 Å². The first-order chi connectivity index (χ1) is 15.1. The number of H-pyrrole nitrogens is 1. The van der Waals surface area contributed by atoms with Crippen LogP contribution in [0.25, 0.3) is 11.3 Å². The van der Waals surface area contributed by atoms with Crippen molar-refractivity contribution in [3.05, 3.63) is 71.2 Å². The Balaban J connectivity index is 1.82. The van der Waals surface area contributed by atoms with E-state index < -0.39 is 18.1 Å². The minimum atomic E-state index is -0.670. The highest BCUT2D eigenvalue weighted by Crippen LogP contribution is 2.43. The van der Waals surface area contributed by atoms with Crippen molar-refractivity contribution in [3.8, 4) is 17.0 Å². The third-order valence-corrected chi connectivity index (χ3v) is 5.37. The first kappa shape index (κ1) is 21.0. The van der Waals surface area contributed by atoms with Crippen molar-refractivity contribution in [1.82, 2.24) is 15.1 Å². The highest BCUT2D eigenvalue weighted by molar-refractivity contribution is 6.00. The highest BCUT2D eigenvalue weighted by Gasteiger charge is 2.44. The minimum Gasteiger partial charge on any atom is -0.494 e. The minimum absolute atomic E-state index is 0.135. The number of benzene rings is 2. The molecule has 4 rings (SSSR count). The van der Waals surface area contributed by atoms with Gasteiger partial charge in [-0.25, -0.2) is 4.39 Å². The van der Waals surface area contributed by atoms with Crippen LogP contribution in [0.15, 0.2) is 48.5 Å². The Morgan fingerprint density at radius 3 is 2.48 bits per heavy atom. The van der Waals surface area contributed by atoms with Crippen molar-refractivity contribution in [1.29, 1.82) is 0 Å². The third kappa shape index (κ3) is 3.80. The van der Waals surface area contributed by atoms with Gasteiger partial charge in [0.15, 0.2) is 6.29 Å². The molecular formula is C23H24FN3O4. The van der Waals surface area contributed by atoms with Crippen molar-refractivity contribution in [3.63, 3.8) is 0 Å². The van der Waals surface area contributed by atoms with Gasteiger partial charge in [-0.3, -0.25) is 9.89 Å². The standard InChI is InChI=1S/C23H24FN3O4/c1-4-31-15-11-9-14(10-12-15)20-19-21(26-25-20)23(28)27(13-18(29-2)30-3)22(19)16-7-5-6-8-17(16)24/h5-12,18,22H,4,13H2,1-3H3,(H,25,26). The number of fused-ring (bicyclic) bond motifs is 1. The van der Waals surface area contributed by atoms with Crippen LogP contribution in [0.5, 0.6) is 5.75 Å². The van der Waals surface area contributed by atoms with Crippen LogP contribution < -0.4 is 4.74 Å². The lowest BCUT2D eigenvalue weighted by atomic mass is 9.95. The number of methoxy groups -OCH3 is 2. The Labute approximate surface area is 179 Å². The highest BCUT2D eigenvalue weighted by atomic mass is 19.1. The fraction of sp³-hybridized carbons (Fsp3) is 0.304. The number of aromatic nitrogens is 2. The van der Waals surface area contributed by atoms with Crippen molar-refractivity contribution >= 4 is 5.91 Å². The van der Waals surface area contributed by atoms with Gasteiger partial charge in [-0.1, -0.05) is 18.2 Å². The lowest BCUT2D eigenvalue weighted by Crippen LogP contribution is -2.38. The Hall–Kier alpha value is -3.23. The molecule has 1 atom stereocenters. The predicted octanol–water partition coefficient (Wildman–Crippen LogP) is 3.78. The molecular weight excluding hydrogens is 401 g/mol. The number of nitrogens with zero attached hydrogens (tertiary/aromatic N) is 2. The van der Waals surface area contributed by atoms with Crippen molar-refractivity contribution in [2.75, 3.05) is 27.4 Å². The fourth-order valence-electron chi connectivity index (χ4n) is 3.91. The molecule has 1 aliphatic heterocycles. The summed E-state index contributed by atoms with van der Waals surface area (Å²) in [5.74, 6) is 0.0558. The molecule has 7 nitrogen and oxygen atoms in total. The van der Waals surface area contributed by atoms with E-state index in [0.717, 1.165) is 11.3 Å². The van der Waals surface area contributed by atoms with Crippen molar-refractivity contribution < 1.29 is 23.4 Å². The predicted molar refractivity (Wildman–Crippen MR) is 112 cm³/mol. The van der Waals surface area contributed by atoms with Crippen molar-refractivity contribution in [2.24, 2.45) is 0 Å². The van der Waals surface area contributed by atoms with Crippen LogP contribution in [0.1, 0.15) is 34.6 Å². The van der Waals surface area contributed by atoms with Crippen LogP contribution in [0.2, 0.25) is 0 Å². The molecule has 0 fully saturated rings. The summed E-state index contributed by atoms with van der Waals surface area (Å²) in [6, 6.07) is 13.2. The van der Waals surface area contributed by atoms with E-state index >= 15 is 0 Å². The average molecular weight is 425 g/mol. The second kappa shape index (κ2) is 8.87. The van der Waals surface area contributed by atoms with E-state index in [1.165, 1.54) is 20.3 Å². The first-order valence-corrected chi connectivity index (χ1v) is 10.0. The maximum Gasteiger partial charge on any atom is 0.273 e. The van der Waals surface area contributed by atoms with Crippen LogP contribution in [-0.2, 0) is 9.47 Å². The van der Waals surface area contributed by atoms with Gasteiger partial charge in [-0.15, -0.1) is 0 Å². The summed E-state index contributed by atoms with van der Waals surface area (Å²) in [5, 5.41) is 7.25. The Kier molecular flexibility index (Phi) is 6.01. The maximum atomic E-state index is 14.9. The molecule has 0 saturated carbocycles. The molecule has 0 radical (unpaired) electrons. The Morgan fingerprint density at radius 2 is 1.84 bits per heavy atom. The average Bonchev–Trinajstić information content (AvgIpc) is 3.32. The monoisotopic (exact) mass is 425 g/mol. The molecule has 0 aliphatic carbocycles.